The van der Waals surface area contributed by atoms with E-state index in [2.05, 4.69) is 10.4 Å². The zero-order valence-corrected chi connectivity index (χ0v) is 12.0. The molecular weight excluding hydrogens is 256 g/mol. The number of carbonyl (C=O) groups excluding carboxylic acids is 2. The van der Waals surface area contributed by atoms with E-state index in [1.807, 2.05) is 20.2 Å². The van der Waals surface area contributed by atoms with Crippen molar-refractivity contribution in [3.63, 3.8) is 0 Å². The second-order valence-corrected chi connectivity index (χ2v) is 5.82. The minimum Gasteiger partial charge on any atom is -0.342 e. The summed E-state index contributed by atoms with van der Waals surface area (Å²) >= 11 is 0. The van der Waals surface area contributed by atoms with Crippen molar-refractivity contribution in [2.75, 3.05) is 11.4 Å². The monoisotopic (exact) mass is 276 g/mol. The van der Waals surface area contributed by atoms with Crippen LogP contribution in [0.4, 0.5) is 5.69 Å². The molecule has 2 fully saturated rings. The highest BCUT2D eigenvalue weighted by Gasteiger charge is 2.47. The fourth-order valence-electron chi connectivity index (χ4n) is 3.36. The number of carbonyl (C=O) groups is 2. The van der Waals surface area contributed by atoms with Crippen LogP contribution in [0.3, 0.4) is 0 Å². The molecule has 20 heavy (non-hydrogen) atoms. The fraction of sp³-hybridized carbons (Fsp3) is 0.643. The van der Waals surface area contributed by atoms with Crippen LogP contribution in [0.1, 0.15) is 37.8 Å². The predicted molar refractivity (Wildman–Crippen MR) is 74.3 cm³/mol. The van der Waals surface area contributed by atoms with Crippen LogP contribution in [-0.2, 0) is 16.6 Å². The summed E-state index contributed by atoms with van der Waals surface area (Å²) in [5.41, 5.74) is 0.958. The Balaban J connectivity index is 2.00. The molecule has 3 rings (SSSR count). The van der Waals surface area contributed by atoms with Crippen LogP contribution in [0.25, 0.3) is 0 Å². The van der Waals surface area contributed by atoms with E-state index in [-0.39, 0.29) is 11.8 Å². The number of rotatable bonds is 1. The van der Waals surface area contributed by atoms with Crippen LogP contribution in [0.5, 0.6) is 0 Å². The summed E-state index contributed by atoms with van der Waals surface area (Å²) in [7, 11) is 1.84. The summed E-state index contributed by atoms with van der Waals surface area (Å²) in [5.74, 6) is 0.00115. The largest absolute Gasteiger partial charge is 0.342 e. The number of aryl methyl sites for hydroxylation is 2. The third-order valence-electron chi connectivity index (χ3n) is 4.33. The van der Waals surface area contributed by atoms with Gasteiger partial charge in [-0.1, -0.05) is 12.8 Å². The van der Waals surface area contributed by atoms with Gasteiger partial charge in [-0.25, -0.2) is 0 Å². The summed E-state index contributed by atoms with van der Waals surface area (Å²) in [6.07, 6.45) is 5.67. The van der Waals surface area contributed by atoms with Crippen molar-refractivity contribution in [1.82, 2.24) is 15.1 Å². The summed E-state index contributed by atoms with van der Waals surface area (Å²) < 4.78 is 1.71. The van der Waals surface area contributed by atoms with E-state index < -0.39 is 5.54 Å². The standard InChI is InChI=1S/C14H20N4O2/c1-10-11(9-17(2)16-10)18-8-5-12(19)15-14(13(18)20)6-3-4-7-14/h9H,3-8H2,1-2H3,(H,15,19). The van der Waals surface area contributed by atoms with E-state index in [0.717, 1.165) is 37.1 Å². The average molecular weight is 276 g/mol. The van der Waals surface area contributed by atoms with Crippen LogP contribution in [0.15, 0.2) is 6.20 Å². The van der Waals surface area contributed by atoms with Crippen molar-refractivity contribution in [2.45, 2.75) is 44.6 Å². The van der Waals surface area contributed by atoms with Crippen molar-refractivity contribution < 1.29 is 9.59 Å². The molecule has 1 aliphatic carbocycles. The van der Waals surface area contributed by atoms with Gasteiger partial charge in [0.05, 0.1) is 11.4 Å². The van der Waals surface area contributed by atoms with E-state index in [4.69, 9.17) is 0 Å². The number of aromatic nitrogens is 2. The van der Waals surface area contributed by atoms with Gasteiger partial charge in [-0.2, -0.15) is 5.10 Å². The van der Waals surface area contributed by atoms with Gasteiger partial charge in [0, 0.05) is 26.2 Å². The molecule has 2 aliphatic rings. The molecule has 2 amide bonds. The van der Waals surface area contributed by atoms with Gasteiger partial charge in [0.15, 0.2) is 0 Å². The Morgan fingerprint density at radius 3 is 2.60 bits per heavy atom. The number of nitrogens with one attached hydrogen (secondary N) is 1. The number of hydrogen-bond donors (Lipinski definition) is 1. The quantitative estimate of drug-likeness (QED) is 0.828. The Kier molecular flexibility index (Phi) is 3.03. The molecule has 0 bridgehead atoms. The Hall–Kier alpha value is -1.85. The second-order valence-electron chi connectivity index (χ2n) is 5.82. The highest BCUT2D eigenvalue weighted by molar-refractivity contribution is 6.04. The molecule has 1 saturated heterocycles. The van der Waals surface area contributed by atoms with Crippen molar-refractivity contribution in [3.8, 4) is 0 Å². The Labute approximate surface area is 118 Å². The number of amides is 2. The summed E-state index contributed by atoms with van der Waals surface area (Å²) in [6, 6.07) is 0. The van der Waals surface area contributed by atoms with Crippen molar-refractivity contribution in [3.05, 3.63) is 11.9 Å². The molecule has 1 aromatic heterocycles. The van der Waals surface area contributed by atoms with Gasteiger partial charge < -0.3 is 10.2 Å². The predicted octanol–water partition coefficient (Wildman–Crippen LogP) is 0.894. The zero-order valence-electron chi connectivity index (χ0n) is 12.0. The molecule has 0 atom stereocenters. The van der Waals surface area contributed by atoms with E-state index >= 15 is 0 Å². The van der Waals surface area contributed by atoms with Gasteiger partial charge in [0.2, 0.25) is 5.91 Å². The van der Waals surface area contributed by atoms with Gasteiger partial charge >= 0.3 is 0 Å². The first-order valence-corrected chi connectivity index (χ1v) is 7.15. The third-order valence-corrected chi connectivity index (χ3v) is 4.33. The second kappa shape index (κ2) is 4.61. The van der Waals surface area contributed by atoms with E-state index in [1.165, 1.54) is 0 Å². The van der Waals surface area contributed by atoms with Gasteiger partial charge in [-0.3, -0.25) is 14.3 Å². The molecule has 6 heteroatoms. The maximum absolute atomic E-state index is 13.0. The first-order valence-electron chi connectivity index (χ1n) is 7.15. The van der Waals surface area contributed by atoms with E-state index in [0.29, 0.717) is 13.0 Å². The van der Waals surface area contributed by atoms with E-state index in [1.54, 1.807) is 9.58 Å². The van der Waals surface area contributed by atoms with Crippen LogP contribution < -0.4 is 10.2 Å². The van der Waals surface area contributed by atoms with Crippen LogP contribution in [0, 0.1) is 6.92 Å². The summed E-state index contributed by atoms with van der Waals surface area (Å²) in [6.45, 7) is 2.32. The molecule has 108 valence electrons. The van der Waals surface area contributed by atoms with Crippen LogP contribution in [-0.4, -0.2) is 33.7 Å². The topological polar surface area (TPSA) is 67.2 Å². The fourth-order valence-corrected chi connectivity index (χ4v) is 3.36. The lowest BCUT2D eigenvalue weighted by molar-refractivity contribution is -0.129. The van der Waals surface area contributed by atoms with Crippen molar-refractivity contribution in [2.24, 2.45) is 7.05 Å². The number of anilines is 1. The Morgan fingerprint density at radius 1 is 1.30 bits per heavy atom. The molecule has 1 saturated carbocycles. The lowest BCUT2D eigenvalue weighted by Crippen LogP contribution is -2.55. The summed E-state index contributed by atoms with van der Waals surface area (Å²) in [5, 5.41) is 7.28. The molecule has 1 spiro atoms. The average Bonchev–Trinajstić information content (AvgIpc) is 2.94. The maximum atomic E-state index is 13.0. The first-order chi connectivity index (χ1) is 9.52. The van der Waals surface area contributed by atoms with Crippen molar-refractivity contribution >= 4 is 17.5 Å². The number of nitrogens with zero attached hydrogens (tertiary/aromatic N) is 3. The smallest absolute Gasteiger partial charge is 0.252 e. The molecule has 0 radical (unpaired) electrons. The molecule has 0 aromatic carbocycles. The van der Waals surface area contributed by atoms with Gasteiger partial charge in [-0.15, -0.1) is 0 Å². The molecule has 1 aromatic rings. The SMILES string of the molecule is Cc1nn(C)cc1N1CCC(=O)NC2(CCCC2)C1=O. The Bertz CT molecular complexity index is 558. The van der Waals surface area contributed by atoms with Crippen LogP contribution in [0.2, 0.25) is 0 Å². The molecule has 1 aliphatic heterocycles. The minimum atomic E-state index is -0.685. The Morgan fingerprint density at radius 2 is 2.00 bits per heavy atom. The zero-order chi connectivity index (χ0) is 14.3. The van der Waals surface area contributed by atoms with Gasteiger partial charge in [0.1, 0.15) is 5.54 Å². The third kappa shape index (κ3) is 1.99. The molecule has 1 N–H and O–H groups in total. The minimum absolute atomic E-state index is 0.0238. The van der Waals surface area contributed by atoms with Crippen molar-refractivity contribution in [1.29, 1.82) is 0 Å². The van der Waals surface area contributed by atoms with E-state index in [9.17, 15) is 9.59 Å². The lowest BCUT2D eigenvalue weighted by atomic mass is 9.95. The normalized spacial score (nSPS) is 22.2. The molecule has 6 nitrogen and oxygen atoms in total. The molecule has 2 heterocycles. The highest BCUT2D eigenvalue weighted by Crippen LogP contribution is 2.35. The van der Waals surface area contributed by atoms with Gasteiger partial charge in [0.25, 0.3) is 5.91 Å². The summed E-state index contributed by atoms with van der Waals surface area (Å²) in [4.78, 5) is 26.6. The first kappa shape index (κ1) is 13.1. The molecular formula is C14H20N4O2. The highest BCUT2D eigenvalue weighted by atomic mass is 16.2. The lowest BCUT2D eigenvalue weighted by Gasteiger charge is -2.31. The number of hydrogen-bond acceptors (Lipinski definition) is 3. The van der Waals surface area contributed by atoms with Gasteiger partial charge in [-0.05, 0) is 19.8 Å². The maximum Gasteiger partial charge on any atom is 0.252 e. The molecule has 0 unspecified atom stereocenters. The van der Waals surface area contributed by atoms with Crippen LogP contribution >= 0.6 is 0 Å².